The molecule has 0 heterocycles. The zero-order chi connectivity index (χ0) is 18.4. The lowest BCUT2D eigenvalue weighted by Crippen LogP contribution is -2.25. The van der Waals surface area contributed by atoms with Gasteiger partial charge < -0.3 is 19.5 Å². The van der Waals surface area contributed by atoms with Gasteiger partial charge in [0.1, 0.15) is 17.2 Å². The molecule has 5 heteroatoms. The average Bonchev–Trinajstić information content (AvgIpc) is 2.62. The molecular formula is C20H25NO4. The number of methoxy groups -OCH3 is 3. The number of carbonyl (C=O) groups excluding carboxylic acids is 1. The lowest BCUT2D eigenvalue weighted by molar-refractivity contribution is -0.118. The number of amides is 1. The van der Waals surface area contributed by atoms with Crippen LogP contribution in [-0.4, -0.2) is 27.2 Å². The number of nitrogens with one attached hydrogen (secondary N) is 1. The van der Waals surface area contributed by atoms with E-state index in [1.165, 1.54) is 0 Å². The Kier molecular flexibility index (Phi) is 6.28. The fraction of sp³-hybridized carbons (Fsp3) is 0.350. The van der Waals surface area contributed by atoms with Crippen molar-refractivity contribution in [2.45, 2.75) is 19.8 Å². The monoisotopic (exact) mass is 343 g/mol. The topological polar surface area (TPSA) is 56.8 Å². The second-order valence-corrected chi connectivity index (χ2v) is 6.05. The third-order valence-electron chi connectivity index (χ3n) is 4.09. The van der Waals surface area contributed by atoms with Crippen LogP contribution in [0.5, 0.6) is 17.2 Å². The first-order valence-electron chi connectivity index (χ1n) is 8.17. The maximum atomic E-state index is 12.9. The number of carbonyl (C=O) groups is 1. The van der Waals surface area contributed by atoms with Crippen LogP contribution >= 0.6 is 0 Å². The molecule has 0 aliphatic carbocycles. The summed E-state index contributed by atoms with van der Waals surface area (Å²) in [5.41, 5.74) is 1.56. The summed E-state index contributed by atoms with van der Waals surface area (Å²) < 4.78 is 15.7. The van der Waals surface area contributed by atoms with Gasteiger partial charge in [0, 0.05) is 6.07 Å². The first-order valence-corrected chi connectivity index (χ1v) is 8.17. The van der Waals surface area contributed by atoms with E-state index in [4.69, 9.17) is 14.2 Å². The van der Waals surface area contributed by atoms with Crippen molar-refractivity contribution in [2.75, 3.05) is 26.6 Å². The van der Waals surface area contributed by atoms with Crippen molar-refractivity contribution < 1.29 is 19.0 Å². The summed E-state index contributed by atoms with van der Waals surface area (Å²) in [5.74, 6) is 1.78. The summed E-state index contributed by atoms with van der Waals surface area (Å²) in [6.07, 6.45) is 0. The Hall–Kier alpha value is -2.69. The summed E-state index contributed by atoms with van der Waals surface area (Å²) in [6.45, 7) is 4.06. The molecule has 2 aromatic rings. The molecule has 0 aliphatic rings. The van der Waals surface area contributed by atoms with Gasteiger partial charge in [-0.15, -0.1) is 0 Å². The van der Waals surface area contributed by atoms with Crippen LogP contribution in [0.3, 0.4) is 0 Å². The van der Waals surface area contributed by atoms with Gasteiger partial charge in [-0.25, -0.2) is 0 Å². The second kappa shape index (κ2) is 8.42. The molecule has 0 spiro atoms. The summed E-state index contributed by atoms with van der Waals surface area (Å²) in [5, 5.41) is 2.97. The highest BCUT2D eigenvalue weighted by molar-refractivity contribution is 5.97. The number of hydrogen-bond acceptors (Lipinski definition) is 4. The van der Waals surface area contributed by atoms with Crippen LogP contribution < -0.4 is 19.5 Å². The van der Waals surface area contributed by atoms with Gasteiger partial charge in [-0.05, 0) is 35.7 Å². The van der Waals surface area contributed by atoms with E-state index >= 15 is 0 Å². The standard InChI is InChI=1S/C20H25NO4/c1-13(2)19(14-6-8-15(23-3)9-7-14)20(22)21-17-11-10-16(24-4)12-18(17)25-5/h6-13,19H,1-5H3,(H,21,22). The Labute approximate surface area is 148 Å². The van der Waals surface area contributed by atoms with E-state index in [1.807, 2.05) is 38.1 Å². The highest BCUT2D eigenvalue weighted by atomic mass is 16.5. The minimum atomic E-state index is -0.280. The maximum Gasteiger partial charge on any atom is 0.232 e. The molecule has 25 heavy (non-hydrogen) atoms. The van der Waals surface area contributed by atoms with Crippen molar-refractivity contribution in [2.24, 2.45) is 5.92 Å². The second-order valence-electron chi connectivity index (χ2n) is 6.05. The molecule has 1 N–H and O–H groups in total. The Morgan fingerprint density at radius 1 is 0.880 bits per heavy atom. The molecule has 0 saturated carbocycles. The fourth-order valence-corrected chi connectivity index (χ4v) is 2.76. The summed E-state index contributed by atoms with van der Waals surface area (Å²) in [4.78, 5) is 12.9. The predicted molar refractivity (Wildman–Crippen MR) is 98.7 cm³/mol. The smallest absolute Gasteiger partial charge is 0.232 e. The van der Waals surface area contributed by atoms with Gasteiger partial charge in [-0.3, -0.25) is 4.79 Å². The molecular weight excluding hydrogens is 318 g/mol. The molecule has 0 aliphatic heterocycles. The van der Waals surface area contributed by atoms with E-state index in [-0.39, 0.29) is 17.7 Å². The van der Waals surface area contributed by atoms with E-state index in [0.717, 1.165) is 11.3 Å². The van der Waals surface area contributed by atoms with Crippen molar-refractivity contribution >= 4 is 11.6 Å². The molecule has 0 bridgehead atoms. The molecule has 5 nitrogen and oxygen atoms in total. The van der Waals surface area contributed by atoms with Crippen LogP contribution in [-0.2, 0) is 4.79 Å². The Morgan fingerprint density at radius 3 is 2.00 bits per heavy atom. The van der Waals surface area contributed by atoms with Gasteiger partial charge in [-0.2, -0.15) is 0 Å². The normalized spacial score (nSPS) is 11.8. The highest BCUT2D eigenvalue weighted by Gasteiger charge is 2.25. The minimum absolute atomic E-state index is 0.0800. The van der Waals surface area contributed by atoms with Gasteiger partial charge in [-0.1, -0.05) is 26.0 Å². The fourth-order valence-electron chi connectivity index (χ4n) is 2.76. The number of anilines is 1. The lowest BCUT2D eigenvalue weighted by Gasteiger charge is -2.22. The van der Waals surface area contributed by atoms with Crippen LogP contribution in [0.25, 0.3) is 0 Å². The van der Waals surface area contributed by atoms with Crippen LogP contribution in [0.15, 0.2) is 42.5 Å². The van der Waals surface area contributed by atoms with Crippen molar-refractivity contribution in [3.05, 3.63) is 48.0 Å². The first-order chi connectivity index (χ1) is 12.0. The van der Waals surface area contributed by atoms with E-state index in [9.17, 15) is 4.79 Å². The van der Waals surface area contributed by atoms with Gasteiger partial charge in [0.05, 0.1) is 32.9 Å². The van der Waals surface area contributed by atoms with Crippen molar-refractivity contribution in [1.29, 1.82) is 0 Å². The zero-order valence-corrected chi connectivity index (χ0v) is 15.3. The quantitative estimate of drug-likeness (QED) is 0.823. The summed E-state index contributed by atoms with van der Waals surface area (Å²) in [6, 6.07) is 12.9. The molecule has 2 rings (SSSR count). The van der Waals surface area contributed by atoms with Crippen LogP contribution in [0, 0.1) is 5.92 Å². The third-order valence-corrected chi connectivity index (χ3v) is 4.09. The molecule has 1 atom stereocenters. The van der Waals surface area contributed by atoms with E-state index in [0.29, 0.717) is 17.2 Å². The van der Waals surface area contributed by atoms with Crippen molar-refractivity contribution in [3.8, 4) is 17.2 Å². The third kappa shape index (κ3) is 4.44. The van der Waals surface area contributed by atoms with Gasteiger partial charge in [0.15, 0.2) is 0 Å². The largest absolute Gasteiger partial charge is 0.497 e. The van der Waals surface area contributed by atoms with Crippen LogP contribution in [0.1, 0.15) is 25.3 Å². The van der Waals surface area contributed by atoms with Gasteiger partial charge >= 0.3 is 0 Å². The van der Waals surface area contributed by atoms with E-state index in [2.05, 4.69) is 5.32 Å². The molecule has 0 aromatic heterocycles. The summed E-state index contributed by atoms with van der Waals surface area (Å²) >= 11 is 0. The Morgan fingerprint density at radius 2 is 1.48 bits per heavy atom. The predicted octanol–water partition coefficient (Wildman–Crippen LogP) is 4.09. The molecule has 134 valence electrons. The minimum Gasteiger partial charge on any atom is -0.497 e. The SMILES string of the molecule is COc1ccc(C(C(=O)Nc2ccc(OC)cc2OC)C(C)C)cc1. The molecule has 1 unspecified atom stereocenters. The van der Waals surface area contributed by atoms with E-state index < -0.39 is 0 Å². The van der Waals surface area contributed by atoms with E-state index in [1.54, 1.807) is 39.5 Å². The van der Waals surface area contributed by atoms with Gasteiger partial charge in [0.25, 0.3) is 0 Å². The first kappa shape index (κ1) is 18.6. The molecule has 0 fully saturated rings. The zero-order valence-electron chi connectivity index (χ0n) is 15.3. The number of benzene rings is 2. The Bertz CT molecular complexity index is 710. The van der Waals surface area contributed by atoms with Crippen molar-refractivity contribution in [1.82, 2.24) is 0 Å². The Balaban J connectivity index is 2.26. The van der Waals surface area contributed by atoms with Crippen molar-refractivity contribution in [3.63, 3.8) is 0 Å². The van der Waals surface area contributed by atoms with Crippen LogP contribution in [0.4, 0.5) is 5.69 Å². The summed E-state index contributed by atoms with van der Waals surface area (Å²) in [7, 11) is 4.77. The molecule has 0 radical (unpaired) electrons. The molecule has 0 saturated heterocycles. The number of rotatable bonds is 7. The average molecular weight is 343 g/mol. The highest BCUT2D eigenvalue weighted by Crippen LogP contribution is 2.32. The lowest BCUT2D eigenvalue weighted by atomic mass is 9.87. The maximum absolute atomic E-state index is 12.9. The molecule has 2 aromatic carbocycles. The number of hydrogen-bond donors (Lipinski definition) is 1. The van der Waals surface area contributed by atoms with Gasteiger partial charge in [0.2, 0.25) is 5.91 Å². The molecule has 1 amide bonds. The number of ether oxygens (including phenoxy) is 3. The van der Waals surface area contributed by atoms with Crippen LogP contribution in [0.2, 0.25) is 0 Å².